The Morgan fingerprint density at radius 1 is 1.17 bits per heavy atom. The summed E-state index contributed by atoms with van der Waals surface area (Å²) in [5.74, 6) is 1.47. The van der Waals surface area contributed by atoms with Gasteiger partial charge in [0, 0.05) is 25.3 Å². The summed E-state index contributed by atoms with van der Waals surface area (Å²) in [7, 11) is 0. The molecule has 1 aliphatic heterocycles. The highest BCUT2D eigenvalue weighted by molar-refractivity contribution is 5.83. The average Bonchev–Trinajstić information content (AvgIpc) is 3.31. The van der Waals surface area contributed by atoms with Crippen molar-refractivity contribution in [3.63, 3.8) is 0 Å². The number of hydrogen-bond acceptors (Lipinski definition) is 5. The van der Waals surface area contributed by atoms with Crippen LogP contribution < -0.4 is 10.2 Å². The largest absolute Gasteiger partial charge is 0.463 e. The van der Waals surface area contributed by atoms with Crippen LogP contribution in [0.4, 0.5) is 5.95 Å². The summed E-state index contributed by atoms with van der Waals surface area (Å²) in [4.78, 5) is 24.0. The fourth-order valence-corrected chi connectivity index (χ4v) is 3.85. The highest BCUT2D eigenvalue weighted by Gasteiger charge is 2.26. The van der Waals surface area contributed by atoms with Gasteiger partial charge in [-0.05, 0) is 43.0 Å². The first-order valence-electron chi connectivity index (χ1n) is 10.2. The van der Waals surface area contributed by atoms with Crippen molar-refractivity contribution in [2.24, 2.45) is 0 Å². The van der Waals surface area contributed by atoms with E-state index >= 15 is 0 Å². The van der Waals surface area contributed by atoms with Crippen molar-refractivity contribution in [1.29, 1.82) is 0 Å². The van der Waals surface area contributed by atoms with Gasteiger partial charge in [-0.3, -0.25) is 4.79 Å². The number of nitrogens with zero attached hydrogens (tertiary/aromatic N) is 3. The van der Waals surface area contributed by atoms with E-state index < -0.39 is 0 Å². The minimum absolute atomic E-state index is 0.0949. The van der Waals surface area contributed by atoms with Crippen molar-refractivity contribution in [1.82, 2.24) is 15.3 Å². The molecule has 1 aromatic carbocycles. The van der Waals surface area contributed by atoms with E-state index in [1.807, 2.05) is 48.5 Å². The summed E-state index contributed by atoms with van der Waals surface area (Å²) in [6.45, 7) is 3.69. The normalized spacial score (nSPS) is 15.8. The highest BCUT2D eigenvalue weighted by Crippen LogP contribution is 2.23. The third-order valence-corrected chi connectivity index (χ3v) is 5.47. The molecular formula is C23H26N4O2. The standard InChI is InChI=1S/C23H26N4O2/c1-2-19(17-7-4-3-5-8-17)22(28)25-18-11-14-27(15-12-18)23-24-13-10-20(26-23)21-9-6-16-29-21/h3-10,13,16,18-19H,2,11-12,14-15H2,1H3,(H,25,28)/t19-/m0/s1. The number of amides is 1. The fourth-order valence-electron chi connectivity index (χ4n) is 3.85. The van der Waals surface area contributed by atoms with Gasteiger partial charge < -0.3 is 14.6 Å². The lowest BCUT2D eigenvalue weighted by Gasteiger charge is -2.33. The molecule has 0 unspecified atom stereocenters. The van der Waals surface area contributed by atoms with Gasteiger partial charge in [0.05, 0.1) is 12.2 Å². The van der Waals surface area contributed by atoms with Crippen LogP contribution in [0.15, 0.2) is 65.4 Å². The topological polar surface area (TPSA) is 71.3 Å². The molecule has 4 rings (SSSR count). The maximum Gasteiger partial charge on any atom is 0.227 e. The Bertz CT molecular complexity index is 919. The van der Waals surface area contributed by atoms with Crippen molar-refractivity contribution in [3.05, 3.63) is 66.6 Å². The van der Waals surface area contributed by atoms with Crippen LogP contribution in [0.25, 0.3) is 11.5 Å². The van der Waals surface area contributed by atoms with Crippen LogP contribution in [0, 0.1) is 0 Å². The fraction of sp³-hybridized carbons (Fsp3) is 0.348. The van der Waals surface area contributed by atoms with Gasteiger partial charge in [-0.15, -0.1) is 0 Å². The summed E-state index contributed by atoms with van der Waals surface area (Å²) in [5.41, 5.74) is 1.86. The molecule has 2 aromatic heterocycles. The zero-order valence-corrected chi connectivity index (χ0v) is 16.6. The van der Waals surface area contributed by atoms with Crippen LogP contribution in [-0.4, -0.2) is 35.0 Å². The van der Waals surface area contributed by atoms with Gasteiger partial charge in [0.15, 0.2) is 5.76 Å². The minimum Gasteiger partial charge on any atom is -0.463 e. The number of furan rings is 1. The molecule has 6 heteroatoms. The molecule has 150 valence electrons. The number of carbonyl (C=O) groups is 1. The number of piperidine rings is 1. The Labute approximate surface area is 171 Å². The minimum atomic E-state index is -0.0949. The summed E-state index contributed by atoms with van der Waals surface area (Å²) in [6, 6.07) is 15.8. The molecule has 1 amide bonds. The summed E-state index contributed by atoms with van der Waals surface area (Å²) < 4.78 is 5.44. The van der Waals surface area contributed by atoms with E-state index in [9.17, 15) is 4.79 Å². The van der Waals surface area contributed by atoms with Gasteiger partial charge in [-0.25, -0.2) is 9.97 Å². The molecule has 1 fully saturated rings. The molecule has 0 spiro atoms. The Morgan fingerprint density at radius 2 is 1.97 bits per heavy atom. The quantitative estimate of drug-likeness (QED) is 0.688. The third-order valence-electron chi connectivity index (χ3n) is 5.47. The zero-order chi connectivity index (χ0) is 20.1. The molecule has 0 bridgehead atoms. The molecule has 1 aliphatic rings. The van der Waals surface area contributed by atoms with E-state index in [1.54, 1.807) is 12.5 Å². The lowest BCUT2D eigenvalue weighted by atomic mass is 9.94. The van der Waals surface area contributed by atoms with Crippen molar-refractivity contribution in [2.45, 2.75) is 38.1 Å². The van der Waals surface area contributed by atoms with E-state index in [4.69, 9.17) is 4.42 Å². The molecular weight excluding hydrogens is 364 g/mol. The molecule has 0 aliphatic carbocycles. The second kappa shape index (κ2) is 8.90. The monoisotopic (exact) mass is 390 g/mol. The smallest absolute Gasteiger partial charge is 0.227 e. The van der Waals surface area contributed by atoms with Crippen molar-refractivity contribution in [2.75, 3.05) is 18.0 Å². The van der Waals surface area contributed by atoms with Crippen LogP contribution >= 0.6 is 0 Å². The summed E-state index contributed by atoms with van der Waals surface area (Å²) in [6.07, 6.45) is 5.96. The lowest BCUT2D eigenvalue weighted by Crippen LogP contribution is -2.46. The van der Waals surface area contributed by atoms with Gasteiger partial charge in [-0.2, -0.15) is 0 Å². The van der Waals surface area contributed by atoms with Gasteiger partial charge in [0.25, 0.3) is 0 Å². The van der Waals surface area contributed by atoms with Crippen molar-refractivity contribution in [3.8, 4) is 11.5 Å². The van der Waals surface area contributed by atoms with Gasteiger partial charge in [0.1, 0.15) is 5.69 Å². The summed E-state index contributed by atoms with van der Waals surface area (Å²) in [5, 5.41) is 3.25. The van der Waals surface area contributed by atoms with Gasteiger partial charge >= 0.3 is 0 Å². The van der Waals surface area contributed by atoms with E-state index in [2.05, 4.69) is 27.1 Å². The Hall–Kier alpha value is -3.15. The number of benzene rings is 1. The Balaban J connectivity index is 1.35. The predicted molar refractivity (Wildman–Crippen MR) is 113 cm³/mol. The number of nitrogens with one attached hydrogen (secondary N) is 1. The molecule has 0 radical (unpaired) electrons. The molecule has 6 nitrogen and oxygen atoms in total. The zero-order valence-electron chi connectivity index (χ0n) is 16.6. The number of hydrogen-bond donors (Lipinski definition) is 1. The van der Waals surface area contributed by atoms with Crippen molar-refractivity contribution < 1.29 is 9.21 Å². The molecule has 0 saturated carbocycles. The van der Waals surface area contributed by atoms with E-state index in [0.29, 0.717) is 5.95 Å². The van der Waals surface area contributed by atoms with Gasteiger partial charge in [-0.1, -0.05) is 37.3 Å². The molecule has 1 saturated heterocycles. The third kappa shape index (κ3) is 4.47. The Kier molecular flexibility index (Phi) is 5.89. The number of carbonyl (C=O) groups excluding carboxylic acids is 1. The lowest BCUT2D eigenvalue weighted by molar-refractivity contribution is -0.123. The Morgan fingerprint density at radius 3 is 2.66 bits per heavy atom. The molecule has 3 heterocycles. The van der Waals surface area contributed by atoms with Crippen LogP contribution in [0.5, 0.6) is 0 Å². The molecule has 29 heavy (non-hydrogen) atoms. The average molecular weight is 390 g/mol. The van der Waals surface area contributed by atoms with E-state index in [0.717, 1.165) is 49.4 Å². The first kappa shape index (κ1) is 19.2. The predicted octanol–water partition coefficient (Wildman–Crippen LogP) is 4.02. The molecule has 1 N–H and O–H groups in total. The second-order valence-corrected chi connectivity index (χ2v) is 7.36. The number of anilines is 1. The molecule has 3 aromatic rings. The first-order valence-corrected chi connectivity index (χ1v) is 10.2. The number of rotatable bonds is 6. The maximum atomic E-state index is 12.8. The highest BCUT2D eigenvalue weighted by atomic mass is 16.3. The van der Waals surface area contributed by atoms with Crippen LogP contribution in [0.1, 0.15) is 37.7 Å². The van der Waals surface area contributed by atoms with E-state index in [-0.39, 0.29) is 17.9 Å². The van der Waals surface area contributed by atoms with Crippen LogP contribution in [0.3, 0.4) is 0 Å². The summed E-state index contributed by atoms with van der Waals surface area (Å²) >= 11 is 0. The van der Waals surface area contributed by atoms with Crippen LogP contribution in [-0.2, 0) is 4.79 Å². The SMILES string of the molecule is CC[C@H](C(=O)NC1CCN(c2nccc(-c3ccco3)n2)CC1)c1ccccc1. The van der Waals surface area contributed by atoms with E-state index in [1.165, 1.54) is 0 Å². The number of aromatic nitrogens is 2. The molecule has 1 atom stereocenters. The van der Waals surface area contributed by atoms with Crippen LogP contribution in [0.2, 0.25) is 0 Å². The second-order valence-electron chi connectivity index (χ2n) is 7.36. The first-order chi connectivity index (χ1) is 14.2. The van der Waals surface area contributed by atoms with Crippen molar-refractivity contribution >= 4 is 11.9 Å². The van der Waals surface area contributed by atoms with Gasteiger partial charge in [0.2, 0.25) is 11.9 Å². The maximum absolute atomic E-state index is 12.8.